The van der Waals surface area contributed by atoms with Gasteiger partial charge in [-0.3, -0.25) is 4.79 Å². The zero-order valence-electron chi connectivity index (χ0n) is 10.6. The van der Waals surface area contributed by atoms with Gasteiger partial charge in [-0.25, -0.2) is 0 Å². The van der Waals surface area contributed by atoms with Crippen molar-refractivity contribution in [1.82, 2.24) is 0 Å². The van der Waals surface area contributed by atoms with Crippen molar-refractivity contribution in [3.05, 3.63) is 23.3 Å². The Bertz CT molecular complexity index is 246. The maximum atomic E-state index is 11.1. The standard InChI is InChI=1S/C14H24O/c1-5-6-7-8-9-10-11-12(2)13(3)14(4)15/h10-11H,5-9H2,1-4H3. The Morgan fingerprint density at radius 1 is 1.07 bits per heavy atom. The molecule has 0 radical (unpaired) electrons. The summed E-state index contributed by atoms with van der Waals surface area (Å²) < 4.78 is 0. The Labute approximate surface area is 94.3 Å². The molecule has 0 rings (SSSR count). The maximum Gasteiger partial charge on any atom is 0.155 e. The van der Waals surface area contributed by atoms with Gasteiger partial charge in [-0.15, -0.1) is 0 Å². The van der Waals surface area contributed by atoms with Gasteiger partial charge in [0.25, 0.3) is 0 Å². The number of carbonyl (C=O) groups excluding carboxylic acids is 1. The molecule has 0 aliphatic carbocycles. The molecule has 0 aliphatic rings. The van der Waals surface area contributed by atoms with Crippen molar-refractivity contribution in [2.75, 3.05) is 0 Å². The smallest absolute Gasteiger partial charge is 0.155 e. The molecule has 1 heteroatoms. The van der Waals surface area contributed by atoms with Crippen LogP contribution in [0.25, 0.3) is 0 Å². The molecule has 86 valence electrons. The summed E-state index contributed by atoms with van der Waals surface area (Å²) in [6.07, 6.45) is 10.6. The fourth-order valence-electron chi connectivity index (χ4n) is 1.35. The SMILES string of the molecule is CCCCCCC=CC(C)=C(C)C(C)=O. The van der Waals surface area contributed by atoms with Gasteiger partial charge in [-0.1, -0.05) is 38.3 Å². The monoisotopic (exact) mass is 208 g/mol. The van der Waals surface area contributed by atoms with Crippen molar-refractivity contribution in [3.63, 3.8) is 0 Å². The molecule has 0 aliphatic heterocycles. The molecule has 0 fully saturated rings. The van der Waals surface area contributed by atoms with Crippen molar-refractivity contribution < 1.29 is 4.79 Å². The van der Waals surface area contributed by atoms with Gasteiger partial charge < -0.3 is 0 Å². The highest BCUT2D eigenvalue weighted by Crippen LogP contribution is 2.08. The molecule has 0 heterocycles. The van der Waals surface area contributed by atoms with Crippen molar-refractivity contribution in [1.29, 1.82) is 0 Å². The van der Waals surface area contributed by atoms with Gasteiger partial charge in [0.1, 0.15) is 0 Å². The number of rotatable bonds is 7. The number of hydrogen-bond donors (Lipinski definition) is 0. The predicted octanol–water partition coefficient (Wildman–Crippen LogP) is 4.44. The molecule has 0 spiro atoms. The highest BCUT2D eigenvalue weighted by atomic mass is 16.1. The number of carbonyl (C=O) groups is 1. The van der Waals surface area contributed by atoms with Crippen LogP contribution in [0.2, 0.25) is 0 Å². The van der Waals surface area contributed by atoms with E-state index in [2.05, 4.69) is 19.1 Å². The van der Waals surface area contributed by atoms with E-state index in [1.165, 1.54) is 25.7 Å². The molecule has 0 amide bonds. The second-order valence-corrected chi connectivity index (χ2v) is 4.12. The van der Waals surface area contributed by atoms with Crippen LogP contribution in [0.5, 0.6) is 0 Å². The zero-order valence-corrected chi connectivity index (χ0v) is 10.6. The van der Waals surface area contributed by atoms with E-state index in [-0.39, 0.29) is 5.78 Å². The number of Topliss-reactive ketones (excluding diaryl/α,β-unsaturated/α-hetero) is 1. The van der Waals surface area contributed by atoms with Gasteiger partial charge in [-0.2, -0.15) is 0 Å². The maximum absolute atomic E-state index is 11.1. The molecule has 15 heavy (non-hydrogen) atoms. The summed E-state index contributed by atoms with van der Waals surface area (Å²) in [6, 6.07) is 0. The van der Waals surface area contributed by atoms with Crippen LogP contribution >= 0.6 is 0 Å². The lowest BCUT2D eigenvalue weighted by molar-refractivity contribution is -0.113. The normalized spacial score (nSPS) is 13.1. The lowest BCUT2D eigenvalue weighted by Gasteiger charge is -1.98. The topological polar surface area (TPSA) is 17.1 Å². The molecule has 1 nitrogen and oxygen atoms in total. The van der Waals surface area contributed by atoms with Crippen molar-refractivity contribution in [2.24, 2.45) is 0 Å². The van der Waals surface area contributed by atoms with Crippen LogP contribution in [-0.2, 0) is 4.79 Å². The average molecular weight is 208 g/mol. The first-order chi connectivity index (χ1) is 7.09. The summed E-state index contributed by atoms with van der Waals surface area (Å²) in [7, 11) is 0. The van der Waals surface area contributed by atoms with Gasteiger partial charge >= 0.3 is 0 Å². The molecule has 0 bridgehead atoms. The minimum absolute atomic E-state index is 0.170. The van der Waals surface area contributed by atoms with Crippen molar-refractivity contribution in [3.8, 4) is 0 Å². The zero-order chi connectivity index (χ0) is 11.7. The van der Waals surface area contributed by atoms with E-state index in [0.717, 1.165) is 17.6 Å². The highest BCUT2D eigenvalue weighted by Gasteiger charge is 1.98. The number of allylic oxidation sites excluding steroid dienone is 4. The molecule has 0 atom stereocenters. The first kappa shape index (κ1) is 14.2. The van der Waals surface area contributed by atoms with Crippen LogP contribution in [0.15, 0.2) is 23.3 Å². The van der Waals surface area contributed by atoms with Crippen LogP contribution in [0.4, 0.5) is 0 Å². The van der Waals surface area contributed by atoms with Crippen molar-refractivity contribution in [2.45, 2.75) is 59.8 Å². The third-order valence-corrected chi connectivity index (χ3v) is 2.71. The van der Waals surface area contributed by atoms with Crippen molar-refractivity contribution >= 4 is 5.78 Å². The summed E-state index contributed by atoms with van der Waals surface area (Å²) in [5, 5.41) is 0. The lowest BCUT2D eigenvalue weighted by atomic mass is 10.1. The minimum atomic E-state index is 0.170. The van der Waals surface area contributed by atoms with Crippen LogP contribution in [-0.4, -0.2) is 5.78 Å². The third kappa shape index (κ3) is 7.12. The fourth-order valence-corrected chi connectivity index (χ4v) is 1.35. The Morgan fingerprint density at radius 2 is 1.73 bits per heavy atom. The first-order valence-corrected chi connectivity index (χ1v) is 5.94. The molecule has 0 aromatic heterocycles. The van der Waals surface area contributed by atoms with E-state index in [1.807, 2.05) is 13.8 Å². The van der Waals surface area contributed by atoms with E-state index in [9.17, 15) is 4.79 Å². The summed E-state index contributed by atoms with van der Waals surface area (Å²) in [5.74, 6) is 0.170. The average Bonchev–Trinajstić information content (AvgIpc) is 2.21. The van der Waals surface area contributed by atoms with E-state index in [4.69, 9.17) is 0 Å². The quantitative estimate of drug-likeness (QED) is 0.343. The van der Waals surface area contributed by atoms with Crippen LogP contribution in [0.1, 0.15) is 59.8 Å². The Balaban J connectivity index is 3.86. The Morgan fingerprint density at radius 3 is 2.27 bits per heavy atom. The first-order valence-electron chi connectivity index (χ1n) is 5.94. The van der Waals surface area contributed by atoms with E-state index in [0.29, 0.717) is 0 Å². The number of ketones is 1. The summed E-state index contributed by atoms with van der Waals surface area (Å²) in [5.41, 5.74) is 1.97. The molecule has 0 saturated carbocycles. The fraction of sp³-hybridized carbons (Fsp3) is 0.643. The third-order valence-electron chi connectivity index (χ3n) is 2.71. The highest BCUT2D eigenvalue weighted by molar-refractivity contribution is 5.93. The minimum Gasteiger partial charge on any atom is -0.295 e. The number of hydrogen-bond acceptors (Lipinski definition) is 1. The largest absolute Gasteiger partial charge is 0.295 e. The van der Waals surface area contributed by atoms with Gasteiger partial charge in [0.2, 0.25) is 0 Å². The predicted molar refractivity (Wildman–Crippen MR) is 67.0 cm³/mol. The number of unbranched alkanes of at least 4 members (excludes halogenated alkanes) is 4. The van der Waals surface area contributed by atoms with Gasteiger partial charge in [-0.05, 0) is 44.8 Å². The van der Waals surface area contributed by atoms with Gasteiger partial charge in [0, 0.05) is 0 Å². The van der Waals surface area contributed by atoms with Gasteiger partial charge in [0.05, 0.1) is 0 Å². The van der Waals surface area contributed by atoms with E-state index < -0.39 is 0 Å². The molecule has 0 saturated heterocycles. The molecule has 0 aromatic carbocycles. The van der Waals surface area contributed by atoms with Gasteiger partial charge in [0.15, 0.2) is 5.78 Å². The van der Waals surface area contributed by atoms with E-state index in [1.54, 1.807) is 6.92 Å². The second kappa shape index (κ2) is 8.46. The Hall–Kier alpha value is -0.850. The Kier molecular flexibility index (Phi) is 7.98. The van der Waals surface area contributed by atoms with Crippen LogP contribution < -0.4 is 0 Å². The molecule has 0 N–H and O–H groups in total. The van der Waals surface area contributed by atoms with Crippen LogP contribution in [0.3, 0.4) is 0 Å². The molecular weight excluding hydrogens is 184 g/mol. The molecular formula is C14H24O. The second-order valence-electron chi connectivity index (χ2n) is 4.12. The summed E-state index contributed by atoms with van der Waals surface area (Å²) >= 11 is 0. The summed E-state index contributed by atoms with van der Waals surface area (Å²) in [6.45, 7) is 7.73. The summed E-state index contributed by atoms with van der Waals surface area (Å²) in [4.78, 5) is 11.1. The lowest BCUT2D eigenvalue weighted by Crippen LogP contribution is -1.93. The van der Waals surface area contributed by atoms with Crippen LogP contribution in [0, 0.1) is 0 Å². The molecule has 0 aromatic rings. The van der Waals surface area contributed by atoms with E-state index >= 15 is 0 Å². The molecule has 0 unspecified atom stereocenters.